The summed E-state index contributed by atoms with van der Waals surface area (Å²) in [7, 11) is 0. The van der Waals surface area contributed by atoms with Crippen molar-refractivity contribution >= 4 is 17.9 Å². The third-order valence-electron chi connectivity index (χ3n) is 12.3. The van der Waals surface area contributed by atoms with Crippen LogP contribution in [-0.4, -0.2) is 37.2 Å². The zero-order chi connectivity index (χ0) is 54.3. The molecule has 0 amide bonds. The monoisotopic (exact) mass is 1030 g/mol. The Kier molecular flexibility index (Phi) is 58.0. The quantitative estimate of drug-likeness (QED) is 0.0261. The highest BCUT2D eigenvalue weighted by Crippen LogP contribution is 2.14. The summed E-state index contributed by atoms with van der Waals surface area (Å²) >= 11 is 0. The number of rotatable bonds is 53. The second-order valence-electron chi connectivity index (χ2n) is 19.5. The number of carbonyl (C=O) groups excluding carboxylic acids is 3. The first-order valence-electron chi connectivity index (χ1n) is 30.3. The molecule has 0 aromatic carbocycles. The molecule has 0 aliphatic rings. The Labute approximate surface area is 461 Å². The zero-order valence-electron chi connectivity index (χ0n) is 48.3. The van der Waals surface area contributed by atoms with Gasteiger partial charge in [-0.25, -0.2) is 0 Å². The van der Waals surface area contributed by atoms with Crippen LogP contribution in [0.25, 0.3) is 0 Å². The van der Waals surface area contributed by atoms with Gasteiger partial charge in [-0.05, 0) is 128 Å². The van der Waals surface area contributed by atoms with Crippen molar-refractivity contribution < 1.29 is 28.6 Å². The molecule has 0 spiro atoms. The van der Waals surface area contributed by atoms with Gasteiger partial charge in [-0.1, -0.05) is 250 Å². The van der Waals surface area contributed by atoms with Crippen LogP contribution in [0.1, 0.15) is 252 Å². The Bertz CT molecular complexity index is 1660. The number of ether oxygens (including phenoxy) is 3. The lowest BCUT2D eigenvalue weighted by Crippen LogP contribution is -2.30. The average molecular weight is 1040 g/mol. The molecule has 0 heterocycles. The fourth-order valence-electron chi connectivity index (χ4n) is 7.84. The lowest BCUT2D eigenvalue weighted by atomic mass is 10.1. The van der Waals surface area contributed by atoms with E-state index in [1.54, 1.807) is 0 Å². The van der Waals surface area contributed by atoms with E-state index in [4.69, 9.17) is 14.2 Å². The molecule has 1 atom stereocenters. The van der Waals surface area contributed by atoms with Crippen LogP contribution in [0.4, 0.5) is 0 Å². The van der Waals surface area contributed by atoms with Crippen LogP contribution in [0.2, 0.25) is 0 Å². The summed E-state index contributed by atoms with van der Waals surface area (Å²) in [6.45, 7) is 6.31. The predicted octanol–water partition coefficient (Wildman–Crippen LogP) is 20.8. The molecule has 422 valence electrons. The molecule has 0 bridgehead atoms. The Morgan fingerprint density at radius 3 is 0.920 bits per heavy atom. The second kappa shape index (κ2) is 61.8. The fourth-order valence-corrected chi connectivity index (χ4v) is 7.84. The third-order valence-corrected chi connectivity index (χ3v) is 12.3. The molecule has 0 rings (SSSR count). The Hall–Kier alpha value is -4.71. The Morgan fingerprint density at radius 2 is 0.547 bits per heavy atom. The summed E-state index contributed by atoms with van der Waals surface area (Å²) in [6, 6.07) is 0. The normalized spacial score (nSPS) is 13.2. The van der Waals surface area contributed by atoms with Crippen LogP contribution in [-0.2, 0) is 28.6 Å². The van der Waals surface area contributed by atoms with E-state index in [2.05, 4.69) is 161 Å². The maximum atomic E-state index is 12.9. The maximum absolute atomic E-state index is 12.9. The lowest BCUT2D eigenvalue weighted by Gasteiger charge is -2.18. The largest absolute Gasteiger partial charge is 0.462 e. The standard InChI is InChI=1S/C69H110O6/c1-4-7-10-13-16-19-22-25-28-31-34-37-40-43-46-49-52-55-58-61-67(70)73-64-66(75-69(72)63-60-57-54-51-48-45-42-39-36-33-30-27-24-21-18-15-12-9-6-3)65-74-68(71)62-59-56-53-50-47-44-41-38-35-32-29-26-23-20-17-14-11-8-5-2/h7,9-10,12,16,18-19,21,25-30,34,36-37,39,43,45-46,48,52,55,66H,4-6,8,11,13-15,17,20,22-24,31-33,35,38,40-42,44,47,49-51,53-54,56-65H2,1-3H3/b10-7+,12-9+,19-16+,21-18+,28-25+,29-26+,30-27+,37-34+,39-36+,46-43+,48-45+,55-52+/t66-/m0/s1. The number of hydrogen-bond donors (Lipinski definition) is 0. The smallest absolute Gasteiger partial charge is 0.306 e. The molecule has 0 fully saturated rings. The summed E-state index contributed by atoms with van der Waals surface area (Å²) in [5, 5.41) is 0. The van der Waals surface area contributed by atoms with Gasteiger partial charge in [0, 0.05) is 19.3 Å². The van der Waals surface area contributed by atoms with Crippen LogP contribution < -0.4 is 0 Å². The first-order valence-corrected chi connectivity index (χ1v) is 30.3. The van der Waals surface area contributed by atoms with Crippen LogP contribution in [0.15, 0.2) is 146 Å². The number of allylic oxidation sites excluding steroid dienone is 24. The molecular formula is C69H110O6. The van der Waals surface area contributed by atoms with Gasteiger partial charge < -0.3 is 14.2 Å². The van der Waals surface area contributed by atoms with Crippen molar-refractivity contribution in [1.29, 1.82) is 0 Å². The molecule has 0 aliphatic heterocycles. The van der Waals surface area contributed by atoms with Crippen molar-refractivity contribution in [3.63, 3.8) is 0 Å². The summed E-state index contributed by atoms with van der Waals surface area (Å²) in [5.74, 6) is -1.05. The van der Waals surface area contributed by atoms with Crippen molar-refractivity contribution in [3.8, 4) is 0 Å². The minimum absolute atomic E-state index is 0.121. The summed E-state index contributed by atoms with van der Waals surface area (Å²) in [6.07, 6.45) is 88.5. The van der Waals surface area contributed by atoms with Gasteiger partial charge in [0.2, 0.25) is 0 Å². The van der Waals surface area contributed by atoms with Crippen molar-refractivity contribution in [1.82, 2.24) is 0 Å². The van der Waals surface area contributed by atoms with Gasteiger partial charge in [-0.2, -0.15) is 0 Å². The zero-order valence-corrected chi connectivity index (χ0v) is 48.3. The van der Waals surface area contributed by atoms with Gasteiger partial charge in [0.1, 0.15) is 13.2 Å². The van der Waals surface area contributed by atoms with Crippen LogP contribution in [0.5, 0.6) is 0 Å². The van der Waals surface area contributed by atoms with Crippen LogP contribution in [0, 0.1) is 0 Å². The van der Waals surface area contributed by atoms with E-state index < -0.39 is 6.10 Å². The SMILES string of the molecule is CC/C=C/C/C=C/C/C=C/C/C=C/C/C=C/C/C=C/CCC(=O)OC[C@@H](COC(=O)CCCCCCCCCCC/C=C/CCCCCCCC)OC(=O)CCCCC/C=C/C/C=C/C/C=C/C/C=C/C/C=C/CC. The lowest BCUT2D eigenvalue weighted by molar-refractivity contribution is -0.166. The van der Waals surface area contributed by atoms with Gasteiger partial charge in [-0.15, -0.1) is 0 Å². The Balaban J connectivity index is 4.58. The topological polar surface area (TPSA) is 78.9 Å². The van der Waals surface area contributed by atoms with Crippen molar-refractivity contribution in [2.45, 2.75) is 258 Å². The highest BCUT2D eigenvalue weighted by atomic mass is 16.6. The predicted molar refractivity (Wildman–Crippen MR) is 325 cm³/mol. The summed E-state index contributed by atoms with van der Waals surface area (Å²) in [5.41, 5.74) is 0. The first-order chi connectivity index (χ1) is 37.0. The van der Waals surface area contributed by atoms with E-state index in [-0.39, 0.29) is 44.0 Å². The maximum Gasteiger partial charge on any atom is 0.306 e. The van der Waals surface area contributed by atoms with Crippen LogP contribution in [0.3, 0.4) is 0 Å². The number of carbonyl (C=O) groups is 3. The molecular weight excluding hydrogens is 925 g/mol. The molecule has 0 unspecified atom stereocenters. The van der Waals surface area contributed by atoms with Crippen LogP contribution >= 0.6 is 0 Å². The van der Waals surface area contributed by atoms with E-state index in [1.165, 1.54) is 89.9 Å². The molecule has 0 aliphatic carbocycles. The van der Waals surface area contributed by atoms with E-state index >= 15 is 0 Å². The van der Waals surface area contributed by atoms with Gasteiger partial charge in [0.05, 0.1) is 0 Å². The summed E-state index contributed by atoms with van der Waals surface area (Å²) < 4.78 is 16.8. The number of esters is 3. The Morgan fingerprint density at radius 1 is 0.280 bits per heavy atom. The average Bonchev–Trinajstić information content (AvgIpc) is 3.41. The first kappa shape index (κ1) is 70.3. The third kappa shape index (κ3) is 60.0. The fraction of sp³-hybridized carbons (Fsp3) is 0.609. The number of hydrogen-bond acceptors (Lipinski definition) is 6. The molecule has 0 aromatic heterocycles. The second-order valence-corrected chi connectivity index (χ2v) is 19.5. The van der Waals surface area contributed by atoms with Crippen molar-refractivity contribution in [2.24, 2.45) is 0 Å². The molecule has 0 aromatic rings. The molecule has 0 saturated carbocycles. The molecule has 6 nitrogen and oxygen atoms in total. The highest BCUT2D eigenvalue weighted by molar-refractivity contribution is 5.71. The molecule has 6 heteroatoms. The van der Waals surface area contributed by atoms with Gasteiger partial charge >= 0.3 is 17.9 Å². The molecule has 75 heavy (non-hydrogen) atoms. The minimum atomic E-state index is -0.835. The van der Waals surface area contributed by atoms with E-state index in [9.17, 15) is 14.4 Å². The van der Waals surface area contributed by atoms with Gasteiger partial charge in [0.15, 0.2) is 6.10 Å². The summed E-state index contributed by atoms with van der Waals surface area (Å²) in [4.78, 5) is 38.2. The minimum Gasteiger partial charge on any atom is -0.462 e. The molecule has 0 saturated heterocycles. The van der Waals surface area contributed by atoms with E-state index in [0.29, 0.717) is 19.3 Å². The van der Waals surface area contributed by atoms with Gasteiger partial charge in [-0.3, -0.25) is 14.4 Å². The van der Waals surface area contributed by atoms with E-state index in [1.807, 2.05) is 6.08 Å². The van der Waals surface area contributed by atoms with Crippen molar-refractivity contribution in [2.75, 3.05) is 13.2 Å². The van der Waals surface area contributed by atoms with E-state index in [0.717, 1.165) is 109 Å². The number of unbranched alkanes of at least 4 members (excludes halogenated alkanes) is 18. The highest BCUT2D eigenvalue weighted by Gasteiger charge is 2.19. The van der Waals surface area contributed by atoms with Crippen molar-refractivity contribution in [3.05, 3.63) is 146 Å². The molecule has 0 radical (unpaired) electrons. The van der Waals surface area contributed by atoms with Gasteiger partial charge in [0.25, 0.3) is 0 Å². The molecule has 0 N–H and O–H groups in total.